The SMILES string of the molecule is O=C(O)C1(Cc2ccccc2)C=CC=CC1O. The molecule has 0 radical (unpaired) electrons. The molecule has 0 saturated carbocycles. The van der Waals surface area contributed by atoms with E-state index < -0.39 is 17.5 Å². The maximum atomic E-state index is 11.4. The van der Waals surface area contributed by atoms with Gasteiger partial charge in [0.1, 0.15) is 5.41 Å². The molecule has 1 aliphatic carbocycles. The normalized spacial score (nSPS) is 27.0. The summed E-state index contributed by atoms with van der Waals surface area (Å²) in [4.78, 5) is 11.4. The molecule has 2 atom stereocenters. The van der Waals surface area contributed by atoms with Crippen LogP contribution in [0.15, 0.2) is 54.6 Å². The van der Waals surface area contributed by atoms with Crippen molar-refractivity contribution in [3.8, 4) is 0 Å². The maximum Gasteiger partial charge on any atom is 0.316 e. The maximum absolute atomic E-state index is 11.4. The van der Waals surface area contributed by atoms with Crippen LogP contribution in [0.4, 0.5) is 0 Å². The number of hydrogen-bond donors (Lipinski definition) is 2. The predicted molar refractivity (Wildman–Crippen MR) is 64.5 cm³/mol. The van der Waals surface area contributed by atoms with E-state index in [0.29, 0.717) is 0 Å². The fourth-order valence-corrected chi connectivity index (χ4v) is 2.04. The second-order valence-corrected chi connectivity index (χ2v) is 4.20. The minimum absolute atomic E-state index is 0.283. The van der Waals surface area contributed by atoms with Gasteiger partial charge in [-0.1, -0.05) is 54.6 Å². The van der Waals surface area contributed by atoms with Crippen molar-refractivity contribution in [2.45, 2.75) is 12.5 Å². The van der Waals surface area contributed by atoms with Crippen molar-refractivity contribution >= 4 is 5.97 Å². The van der Waals surface area contributed by atoms with Crippen LogP contribution in [-0.4, -0.2) is 22.3 Å². The lowest BCUT2D eigenvalue weighted by Crippen LogP contribution is -2.42. The summed E-state index contributed by atoms with van der Waals surface area (Å²) in [5, 5.41) is 19.3. The summed E-state index contributed by atoms with van der Waals surface area (Å²) in [7, 11) is 0. The molecule has 0 fully saturated rings. The van der Waals surface area contributed by atoms with Gasteiger partial charge < -0.3 is 10.2 Å². The largest absolute Gasteiger partial charge is 0.481 e. The zero-order valence-electron chi connectivity index (χ0n) is 9.28. The van der Waals surface area contributed by atoms with Gasteiger partial charge in [-0.3, -0.25) is 4.79 Å². The number of hydrogen-bond acceptors (Lipinski definition) is 2. The first-order chi connectivity index (χ1) is 8.15. The average molecular weight is 230 g/mol. The minimum Gasteiger partial charge on any atom is -0.481 e. The Bertz CT molecular complexity index is 462. The number of carboxylic acid groups (broad SMARTS) is 1. The number of aliphatic carboxylic acids is 1. The van der Waals surface area contributed by atoms with E-state index in [2.05, 4.69) is 0 Å². The third-order valence-corrected chi connectivity index (χ3v) is 3.06. The third-order valence-electron chi connectivity index (χ3n) is 3.06. The molecule has 0 amide bonds. The lowest BCUT2D eigenvalue weighted by Gasteiger charge is -2.31. The van der Waals surface area contributed by atoms with E-state index in [9.17, 15) is 15.0 Å². The quantitative estimate of drug-likeness (QED) is 0.832. The zero-order valence-corrected chi connectivity index (χ0v) is 9.28. The van der Waals surface area contributed by atoms with Gasteiger partial charge in [0.15, 0.2) is 0 Å². The fraction of sp³-hybridized carbons (Fsp3) is 0.214. The van der Waals surface area contributed by atoms with Crippen LogP contribution in [-0.2, 0) is 11.2 Å². The van der Waals surface area contributed by atoms with Crippen molar-refractivity contribution in [2.75, 3.05) is 0 Å². The summed E-state index contributed by atoms with van der Waals surface area (Å²) >= 11 is 0. The summed E-state index contributed by atoms with van der Waals surface area (Å²) in [6.45, 7) is 0. The summed E-state index contributed by atoms with van der Waals surface area (Å²) in [6, 6.07) is 9.33. The molecule has 3 nitrogen and oxygen atoms in total. The lowest BCUT2D eigenvalue weighted by molar-refractivity contribution is -0.150. The van der Waals surface area contributed by atoms with E-state index in [1.54, 1.807) is 18.2 Å². The molecule has 0 bridgehead atoms. The number of carbonyl (C=O) groups is 1. The fourth-order valence-electron chi connectivity index (χ4n) is 2.04. The first-order valence-electron chi connectivity index (χ1n) is 5.46. The van der Waals surface area contributed by atoms with Gasteiger partial charge in [0.2, 0.25) is 0 Å². The Labute approximate surface area is 99.7 Å². The summed E-state index contributed by atoms with van der Waals surface area (Å²) in [6.07, 6.45) is 5.70. The van der Waals surface area contributed by atoms with Gasteiger partial charge in [0.05, 0.1) is 6.10 Å². The van der Waals surface area contributed by atoms with E-state index in [-0.39, 0.29) is 6.42 Å². The van der Waals surface area contributed by atoms with Crippen molar-refractivity contribution in [2.24, 2.45) is 5.41 Å². The highest BCUT2D eigenvalue weighted by atomic mass is 16.4. The second-order valence-electron chi connectivity index (χ2n) is 4.20. The number of benzene rings is 1. The minimum atomic E-state index is -1.25. The van der Waals surface area contributed by atoms with Crippen molar-refractivity contribution in [3.63, 3.8) is 0 Å². The Morgan fingerprint density at radius 2 is 1.94 bits per heavy atom. The van der Waals surface area contributed by atoms with Gasteiger partial charge in [-0.25, -0.2) is 0 Å². The smallest absolute Gasteiger partial charge is 0.316 e. The van der Waals surface area contributed by atoms with Crippen LogP contribution in [0.2, 0.25) is 0 Å². The van der Waals surface area contributed by atoms with Crippen LogP contribution in [0.25, 0.3) is 0 Å². The van der Waals surface area contributed by atoms with Crippen molar-refractivity contribution < 1.29 is 15.0 Å². The second kappa shape index (κ2) is 4.55. The molecule has 1 aromatic carbocycles. The molecule has 1 aromatic rings. The van der Waals surface area contributed by atoms with Gasteiger partial charge in [-0.2, -0.15) is 0 Å². The van der Waals surface area contributed by atoms with E-state index in [1.165, 1.54) is 6.08 Å². The third kappa shape index (κ3) is 2.15. The molecule has 2 rings (SSSR count). The lowest BCUT2D eigenvalue weighted by atomic mass is 9.74. The molecular weight excluding hydrogens is 216 g/mol. The van der Waals surface area contributed by atoms with E-state index in [4.69, 9.17) is 0 Å². The Morgan fingerprint density at radius 1 is 1.24 bits per heavy atom. The van der Waals surface area contributed by atoms with Crippen LogP contribution in [0.1, 0.15) is 5.56 Å². The Morgan fingerprint density at radius 3 is 2.53 bits per heavy atom. The highest BCUT2D eigenvalue weighted by Gasteiger charge is 2.43. The molecule has 1 aliphatic rings. The molecule has 2 N–H and O–H groups in total. The monoisotopic (exact) mass is 230 g/mol. The van der Waals surface area contributed by atoms with Gasteiger partial charge in [0, 0.05) is 0 Å². The number of aliphatic hydroxyl groups excluding tert-OH is 1. The summed E-state index contributed by atoms with van der Waals surface area (Å²) in [5.41, 5.74) is -0.357. The Balaban J connectivity index is 2.33. The Hall–Kier alpha value is -1.87. The van der Waals surface area contributed by atoms with Crippen LogP contribution >= 0.6 is 0 Å². The molecular formula is C14H14O3. The molecule has 2 unspecified atom stereocenters. The standard InChI is InChI=1S/C14H14O3/c15-12-8-4-5-9-14(12,13(16)17)10-11-6-2-1-3-7-11/h1-9,12,15H,10H2,(H,16,17). The first kappa shape index (κ1) is 11.6. The van der Waals surface area contributed by atoms with Crippen LogP contribution in [0.3, 0.4) is 0 Å². The van der Waals surface area contributed by atoms with Gasteiger partial charge in [-0.15, -0.1) is 0 Å². The van der Waals surface area contributed by atoms with E-state index in [0.717, 1.165) is 5.56 Å². The Kier molecular flexibility index (Phi) is 3.11. The summed E-state index contributed by atoms with van der Waals surface area (Å²) in [5.74, 6) is -1.01. The van der Waals surface area contributed by atoms with Crippen molar-refractivity contribution in [1.82, 2.24) is 0 Å². The highest BCUT2D eigenvalue weighted by molar-refractivity contribution is 5.79. The molecule has 88 valence electrons. The van der Waals surface area contributed by atoms with Gasteiger partial charge in [-0.05, 0) is 12.0 Å². The van der Waals surface area contributed by atoms with Crippen LogP contribution in [0, 0.1) is 5.41 Å². The van der Waals surface area contributed by atoms with E-state index in [1.807, 2.05) is 30.3 Å². The molecule has 0 spiro atoms. The van der Waals surface area contributed by atoms with Crippen LogP contribution < -0.4 is 0 Å². The molecule has 0 heterocycles. The topological polar surface area (TPSA) is 57.5 Å². The van der Waals surface area contributed by atoms with Gasteiger partial charge >= 0.3 is 5.97 Å². The molecule has 17 heavy (non-hydrogen) atoms. The average Bonchev–Trinajstić information content (AvgIpc) is 2.33. The molecule has 3 heteroatoms. The number of rotatable bonds is 3. The summed E-state index contributed by atoms with van der Waals surface area (Å²) < 4.78 is 0. The molecule has 0 aliphatic heterocycles. The van der Waals surface area contributed by atoms with Gasteiger partial charge in [0.25, 0.3) is 0 Å². The van der Waals surface area contributed by atoms with Crippen molar-refractivity contribution in [3.05, 3.63) is 60.2 Å². The number of allylic oxidation sites excluding steroid dienone is 2. The highest BCUT2D eigenvalue weighted by Crippen LogP contribution is 2.32. The first-order valence-corrected chi connectivity index (χ1v) is 5.46. The zero-order chi connectivity index (χ0) is 12.3. The van der Waals surface area contributed by atoms with E-state index >= 15 is 0 Å². The number of aliphatic hydroxyl groups is 1. The van der Waals surface area contributed by atoms with Crippen molar-refractivity contribution in [1.29, 1.82) is 0 Å². The van der Waals surface area contributed by atoms with Crippen LogP contribution in [0.5, 0.6) is 0 Å². The number of carboxylic acids is 1. The molecule has 0 aromatic heterocycles. The predicted octanol–water partition coefficient (Wildman–Crippen LogP) is 1.79. The molecule has 0 saturated heterocycles.